The largest absolute Gasteiger partial charge is 0.488 e. The van der Waals surface area contributed by atoms with Crippen LogP contribution in [0.15, 0.2) is 77.9 Å². The Bertz CT molecular complexity index is 846. The van der Waals surface area contributed by atoms with Gasteiger partial charge in [-0.3, -0.25) is 5.43 Å². The molecule has 5 heteroatoms. The maximum atomic E-state index is 6.19. The molecule has 0 aliphatic rings. The van der Waals surface area contributed by atoms with E-state index in [1.165, 1.54) is 0 Å². The molecule has 0 saturated carbocycles. The van der Waals surface area contributed by atoms with Gasteiger partial charge in [-0.1, -0.05) is 59.6 Å². The smallest absolute Gasteiger partial charge is 0.128 e. The SMILES string of the molecule is Clc1cccc(Cl)c1COc1ccccc1C=NNc1ccccc1. The van der Waals surface area contributed by atoms with Gasteiger partial charge in [-0.05, 0) is 36.4 Å². The Morgan fingerprint density at radius 1 is 0.840 bits per heavy atom. The van der Waals surface area contributed by atoms with E-state index in [1.807, 2.05) is 60.7 Å². The molecule has 3 rings (SSSR count). The maximum Gasteiger partial charge on any atom is 0.128 e. The fraction of sp³-hybridized carbons (Fsp3) is 0.0500. The van der Waals surface area contributed by atoms with E-state index < -0.39 is 0 Å². The lowest BCUT2D eigenvalue weighted by Crippen LogP contribution is -2.00. The lowest BCUT2D eigenvalue weighted by atomic mass is 10.2. The van der Waals surface area contributed by atoms with Gasteiger partial charge in [0.25, 0.3) is 0 Å². The second-order valence-corrected chi connectivity index (χ2v) is 6.08. The van der Waals surface area contributed by atoms with Gasteiger partial charge in [-0.25, -0.2) is 0 Å². The van der Waals surface area contributed by atoms with Crippen LogP contribution in [0.3, 0.4) is 0 Å². The van der Waals surface area contributed by atoms with E-state index in [4.69, 9.17) is 27.9 Å². The number of benzene rings is 3. The molecular formula is C20H16Cl2N2O. The van der Waals surface area contributed by atoms with Crippen molar-refractivity contribution in [2.45, 2.75) is 6.61 Å². The topological polar surface area (TPSA) is 33.6 Å². The van der Waals surface area contributed by atoms with Crippen molar-refractivity contribution in [3.8, 4) is 5.75 Å². The number of para-hydroxylation sites is 2. The molecule has 0 bridgehead atoms. The minimum atomic E-state index is 0.287. The van der Waals surface area contributed by atoms with Crippen LogP contribution in [0.4, 0.5) is 5.69 Å². The monoisotopic (exact) mass is 370 g/mol. The summed E-state index contributed by atoms with van der Waals surface area (Å²) in [6.07, 6.45) is 1.72. The van der Waals surface area contributed by atoms with Crippen LogP contribution in [0.1, 0.15) is 11.1 Å². The number of nitrogens with zero attached hydrogens (tertiary/aromatic N) is 1. The molecule has 0 heterocycles. The first-order chi connectivity index (χ1) is 12.2. The third-order valence-corrected chi connectivity index (χ3v) is 4.23. The van der Waals surface area contributed by atoms with Crippen molar-refractivity contribution in [1.82, 2.24) is 0 Å². The molecule has 0 atom stereocenters. The summed E-state index contributed by atoms with van der Waals surface area (Å²) in [6.45, 7) is 0.287. The highest BCUT2D eigenvalue weighted by molar-refractivity contribution is 6.35. The van der Waals surface area contributed by atoms with Gasteiger partial charge in [0.05, 0.1) is 11.9 Å². The number of anilines is 1. The quantitative estimate of drug-likeness (QED) is 0.425. The summed E-state index contributed by atoms with van der Waals surface area (Å²) in [6, 6.07) is 22.8. The van der Waals surface area contributed by atoms with Gasteiger partial charge in [-0.2, -0.15) is 5.10 Å². The molecule has 0 fully saturated rings. The molecule has 0 aromatic heterocycles. The maximum absolute atomic E-state index is 6.19. The minimum absolute atomic E-state index is 0.287. The Morgan fingerprint density at radius 3 is 2.28 bits per heavy atom. The van der Waals surface area contributed by atoms with Crippen LogP contribution in [0.25, 0.3) is 0 Å². The zero-order valence-corrected chi connectivity index (χ0v) is 14.8. The number of rotatable bonds is 6. The molecule has 0 aliphatic carbocycles. The Morgan fingerprint density at radius 2 is 1.52 bits per heavy atom. The molecule has 0 spiro atoms. The van der Waals surface area contributed by atoms with Crippen LogP contribution < -0.4 is 10.2 Å². The molecule has 3 aromatic rings. The summed E-state index contributed by atoms with van der Waals surface area (Å²) in [4.78, 5) is 0. The first-order valence-electron chi connectivity index (χ1n) is 7.73. The van der Waals surface area contributed by atoms with E-state index >= 15 is 0 Å². The highest BCUT2D eigenvalue weighted by Crippen LogP contribution is 2.26. The third-order valence-electron chi connectivity index (χ3n) is 3.52. The molecule has 3 aromatic carbocycles. The zero-order valence-electron chi connectivity index (χ0n) is 13.3. The second kappa shape index (κ2) is 8.56. The first-order valence-corrected chi connectivity index (χ1v) is 8.48. The molecule has 0 radical (unpaired) electrons. The summed E-state index contributed by atoms with van der Waals surface area (Å²) in [5.74, 6) is 0.706. The van der Waals surface area contributed by atoms with Crippen molar-refractivity contribution in [3.05, 3.63) is 94.0 Å². The summed E-state index contributed by atoms with van der Waals surface area (Å²) < 4.78 is 5.90. The molecule has 25 heavy (non-hydrogen) atoms. The molecule has 0 amide bonds. The fourth-order valence-electron chi connectivity index (χ4n) is 2.23. The van der Waals surface area contributed by atoms with Crippen LogP contribution in [-0.2, 0) is 6.61 Å². The van der Waals surface area contributed by atoms with Gasteiger partial charge in [0, 0.05) is 21.2 Å². The summed E-state index contributed by atoms with van der Waals surface area (Å²) in [5, 5.41) is 5.43. The van der Waals surface area contributed by atoms with E-state index in [0.717, 1.165) is 16.8 Å². The number of ether oxygens (including phenoxy) is 1. The number of hydrogen-bond acceptors (Lipinski definition) is 3. The average Bonchev–Trinajstić information content (AvgIpc) is 2.63. The summed E-state index contributed by atoms with van der Waals surface area (Å²) in [5.41, 5.74) is 5.52. The second-order valence-electron chi connectivity index (χ2n) is 5.26. The lowest BCUT2D eigenvalue weighted by molar-refractivity contribution is 0.306. The molecule has 0 unspecified atom stereocenters. The van der Waals surface area contributed by atoms with Gasteiger partial charge in [0.1, 0.15) is 12.4 Å². The zero-order chi connectivity index (χ0) is 17.5. The summed E-state index contributed by atoms with van der Waals surface area (Å²) in [7, 11) is 0. The van der Waals surface area contributed by atoms with Crippen LogP contribution in [0.2, 0.25) is 10.0 Å². The van der Waals surface area contributed by atoms with E-state index in [-0.39, 0.29) is 6.61 Å². The Labute approximate surface area is 156 Å². The number of hydrogen-bond donors (Lipinski definition) is 1. The van der Waals surface area contributed by atoms with E-state index in [2.05, 4.69) is 10.5 Å². The van der Waals surface area contributed by atoms with E-state index in [9.17, 15) is 0 Å². The Hall–Kier alpha value is -2.49. The van der Waals surface area contributed by atoms with Crippen molar-refractivity contribution >= 4 is 35.1 Å². The van der Waals surface area contributed by atoms with Gasteiger partial charge in [-0.15, -0.1) is 0 Å². The lowest BCUT2D eigenvalue weighted by Gasteiger charge is -2.11. The van der Waals surface area contributed by atoms with Crippen LogP contribution in [-0.4, -0.2) is 6.21 Å². The minimum Gasteiger partial charge on any atom is -0.488 e. The van der Waals surface area contributed by atoms with Gasteiger partial charge in [0.2, 0.25) is 0 Å². The van der Waals surface area contributed by atoms with Crippen molar-refractivity contribution in [2.75, 3.05) is 5.43 Å². The first kappa shape index (κ1) is 17.3. The third kappa shape index (κ3) is 4.75. The van der Waals surface area contributed by atoms with Gasteiger partial charge < -0.3 is 4.74 Å². The van der Waals surface area contributed by atoms with Crippen molar-refractivity contribution < 1.29 is 4.74 Å². The van der Waals surface area contributed by atoms with Crippen molar-refractivity contribution in [1.29, 1.82) is 0 Å². The van der Waals surface area contributed by atoms with Gasteiger partial charge in [0.15, 0.2) is 0 Å². The Kier molecular flexibility index (Phi) is 5.94. The molecular weight excluding hydrogens is 355 g/mol. The van der Waals surface area contributed by atoms with Crippen LogP contribution in [0, 0.1) is 0 Å². The molecule has 0 aliphatic heterocycles. The standard InChI is InChI=1S/C20H16Cl2N2O/c21-18-10-6-11-19(22)17(18)14-25-20-12-5-4-7-15(20)13-23-24-16-8-2-1-3-9-16/h1-13,24H,14H2. The normalized spacial score (nSPS) is 10.8. The fourth-order valence-corrected chi connectivity index (χ4v) is 2.73. The summed E-state index contributed by atoms with van der Waals surface area (Å²) >= 11 is 12.4. The molecule has 3 nitrogen and oxygen atoms in total. The average molecular weight is 371 g/mol. The van der Waals surface area contributed by atoms with Crippen molar-refractivity contribution in [2.24, 2.45) is 5.10 Å². The molecule has 126 valence electrons. The van der Waals surface area contributed by atoms with E-state index in [1.54, 1.807) is 18.3 Å². The predicted molar refractivity (Wildman–Crippen MR) is 105 cm³/mol. The molecule has 0 saturated heterocycles. The highest BCUT2D eigenvalue weighted by atomic mass is 35.5. The number of nitrogens with one attached hydrogen (secondary N) is 1. The van der Waals surface area contributed by atoms with Crippen LogP contribution in [0.5, 0.6) is 5.75 Å². The molecule has 1 N–H and O–H groups in total. The van der Waals surface area contributed by atoms with E-state index in [0.29, 0.717) is 15.8 Å². The van der Waals surface area contributed by atoms with Gasteiger partial charge >= 0.3 is 0 Å². The van der Waals surface area contributed by atoms with Crippen molar-refractivity contribution in [3.63, 3.8) is 0 Å². The number of halogens is 2. The Balaban J connectivity index is 1.70. The number of hydrazone groups is 1. The predicted octanol–water partition coefficient (Wildman–Crippen LogP) is 6.02. The highest BCUT2D eigenvalue weighted by Gasteiger charge is 2.07. The van der Waals surface area contributed by atoms with Crippen LogP contribution >= 0.6 is 23.2 Å².